The molecule has 2 nitrogen and oxygen atoms in total. The van der Waals surface area contributed by atoms with Crippen LogP contribution in [0.1, 0.15) is 37.7 Å². The van der Waals surface area contributed by atoms with Crippen LogP contribution in [-0.4, -0.2) is 11.2 Å². The second kappa shape index (κ2) is 6.30. The third-order valence-corrected chi connectivity index (χ3v) is 5.31. The van der Waals surface area contributed by atoms with Gasteiger partial charge in [-0.15, -0.1) is 0 Å². The summed E-state index contributed by atoms with van der Waals surface area (Å²) in [6, 6.07) is 8.29. The number of anilines is 1. The molecule has 3 heteroatoms. The fourth-order valence-corrected chi connectivity index (χ4v) is 3.96. The highest BCUT2D eigenvalue weighted by atomic mass is 79.9. The van der Waals surface area contributed by atoms with Crippen LogP contribution in [-0.2, 0) is 11.2 Å². The fourth-order valence-electron chi connectivity index (χ4n) is 3.68. The lowest BCUT2D eigenvalue weighted by atomic mass is 10.0. The molecule has 0 aliphatic heterocycles. The van der Waals surface area contributed by atoms with E-state index in [1.54, 1.807) is 0 Å². The molecular weight excluding hydrogens is 314 g/mol. The molecule has 3 rings (SSSR count). The van der Waals surface area contributed by atoms with Crippen LogP contribution < -0.4 is 5.32 Å². The van der Waals surface area contributed by atoms with E-state index in [0.29, 0.717) is 17.8 Å². The van der Waals surface area contributed by atoms with Crippen LogP contribution in [0, 0.1) is 17.8 Å². The lowest BCUT2D eigenvalue weighted by Crippen LogP contribution is -2.15. The van der Waals surface area contributed by atoms with Crippen LogP contribution in [0.5, 0.6) is 0 Å². The van der Waals surface area contributed by atoms with Gasteiger partial charge in [-0.1, -0.05) is 40.9 Å². The third-order valence-electron chi connectivity index (χ3n) is 4.75. The molecule has 0 heterocycles. The Bertz CT molecular complexity index is 476. The Morgan fingerprint density at radius 2 is 2.00 bits per heavy atom. The molecule has 2 aliphatic rings. The van der Waals surface area contributed by atoms with Crippen LogP contribution in [0.4, 0.5) is 5.69 Å². The Kier molecular flexibility index (Phi) is 4.45. The summed E-state index contributed by atoms with van der Waals surface area (Å²) >= 11 is 3.46. The summed E-state index contributed by atoms with van der Waals surface area (Å²) in [6.07, 6.45) is 7.33. The van der Waals surface area contributed by atoms with Gasteiger partial charge in [0, 0.05) is 16.9 Å². The molecule has 1 aromatic rings. The van der Waals surface area contributed by atoms with Gasteiger partial charge < -0.3 is 5.32 Å². The predicted molar refractivity (Wildman–Crippen MR) is 86.1 cm³/mol. The van der Waals surface area contributed by atoms with E-state index in [4.69, 9.17) is 0 Å². The molecule has 1 amide bonds. The van der Waals surface area contributed by atoms with Crippen LogP contribution in [0.25, 0.3) is 0 Å². The summed E-state index contributed by atoms with van der Waals surface area (Å²) in [4.78, 5) is 12.3. The molecule has 108 valence electrons. The largest absolute Gasteiger partial charge is 0.326 e. The number of carbonyl (C=O) groups is 1. The topological polar surface area (TPSA) is 29.1 Å². The number of amides is 1. The summed E-state index contributed by atoms with van der Waals surface area (Å²) in [7, 11) is 0. The zero-order valence-electron chi connectivity index (χ0n) is 11.8. The van der Waals surface area contributed by atoms with Gasteiger partial charge in [-0.3, -0.25) is 4.79 Å². The summed E-state index contributed by atoms with van der Waals surface area (Å²) < 4.78 is 0. The van der Waals surface area contributed by atoms with Crippen molar-refractivity contribution >= 4 is 27.5 Å². The summed E-state index contributed by atoms with van der Waals surface area (Å²) in [5.74, 6) is 1.91. The second-order valence-corrected chi connectivity index (χ2v) is 6.91. The Hall–Kier alpha value is -0.830. The van der Waals surface area contributed by atoms with E-state index in [1.165, 1.54) is 31.2 Å². The molecule has 20 heavy (non-hydrogen) atoms. The van der Waals surface area contributed by atoms with E-state index in [9.17, 15) is 4.79 Å². The van der Waals surface area contributed by atoms with Gasteiger partial charge in [0.15, 0.2) is 0 Å². The van der Waals surface area contributed by atoms with Crippen molar-refractivity contribution in [3.8, 4) is 0 Å². The van der Waals surface area contributed by atoms with E-state index in [1.807, 2.05) is 12.1 Å². The van der Waals surface area contributed by atoms with E-state index in [-0.39, 0.29) is 5.91 Å². The standard InChI is InChI=1S/C17H22BrNO/c18-10-4-6-12-5-3-7-13(11-12)19-17(20)16-14-8-1-2-9-15(14)16/h3,5,7,11,14-16H,1-2,4,6,8-10H2,(H,19,20). The molecule has 0 bridgehead atoms. The summed E-state index contributed by atoms with van der Waals surface area (Å²) in [5, 5.41) is 4.15. The first kappa shape index (κ1) is 14.1. The first-order valence-electron chi connectivity index (χ1n) is 7.75. The smallest absolute Gasteiger partial charge is 0.228 e. The van der Waals surface area contributed by atoms with Crippen molar-refractivity contribution in [2.75, 3.05) is 10.6 Å². The number of fused-ring (bicyclic) bond motifs is 1. The van der Waals surface area contributed by atoms with E-state index < -0.39 is 0 Å². The maximum Gasteiger partial charge on any atom is 0.228 e. The zero-order chi connectivity index (χ0) is 13.9. The summed E-state index contributed by atoms with van der Waals surface area (Å²) in [6.45, 7) is 0. The van der Waals surface area contributed by atoms with Gasteiger partial charge >= 0.3 is 0 Å². The normalized spacial score (nSPS) is 27.8. The second-order valence-electron chi connectivity index (χ2n) is 6.12. The van der Waals surface area contributed by atoms with Crippen LogP contribution in [0.15, 0.2) is 24.3 Å². The Balaban J connectivity index is 1.58. The van der Waals surface area contributed by atoms with Crippen molar-refractivity contribution in [2.24, 2.45) is 17.8 Å². The van der Waals surface area contributed by atoms with Crippen molar-refractivity contribution in [3.63, 3.8) is 0 Å². The minimum atomic E-state index is 0.250. The average Bonchev–Trinajstić information content (AvgIpc) is 3.20. The van der Waals surface area contributed by atoms with Crippen molar-refractivity contribution in [2.45, 2.75) is 38.5 Å². The van der Waals surface area contributed by atoms with Crippen LogP contribution >= 0.6 is 15.9 Å². The number of aryl methyl sites for hydroxylation is 1. The molecule has 0 aromatic heterocycles. The Labute approximate surface area is 129 Å². The maximum absolute atomic E-state index is 12.3. The first-order valence-corrected chi connectivity index (χ1v) is 8.87. The first-order chi connectivity index (χ1) is 9.79. The number of carbonyl (C=O) groups excluding carboxylic acids is 1. The van der Waals surface area contributed by atoms with E-state index in [0.717, 1.165) is 23.9 Å². The van der Waals surface area contributed by atoms with Gasteiger partial charge in [-0.25, -0.2) is 0 Å². The number of benzene rings is 1. The Morgan fingerprint density at radius 1 is 1.25 bits per heavy atom. The van der Waals surface area contributed by atoms with Gasteiger partial charge in [0.25, 0.3) is 0 Å². The number of nitrogens with one attached hydrogen (secondary N) is 1. The van der Waals surface area contributed by atoms with Gasteiger partial charge in [0.1, 0.15) is 0 Å². The highest BCUT2D eigenvalue weighted by Crippen LogP contribution is 2.55. The van der Waals surface area contributed by atoms with Crippen molar-refractivity contribution in [3.05, 3.63) is 29.8 Å². The van der Waals surface area contributed by atoms with Gasteiger partial charge in [-0.2, -0.15) is 0 Å². The number of halogens is 1. The third kappa shape index (κ3) is 3.08. The quantitative estimate of drug-likeness (QED) is 0.794. The summed E-state index contributed by atoms with van der Waals surface area (Å²) in [5.41, 5.74) is 2.26. The highest BCUT2D eigenvalue weighted by molar-refractivity contribution is 9.09. The molecular formula is C17H22BrNO. The van der Waals surface area contributed by atoms with Crippen molar-refractivity contribution < 1.29 is 4.79 Å². The van der Waals surface area contributed by atoms with Crippen molar-refractivity contribution in [1.29, 1.82) is 0 Å². The molecule has 0 radical (unpaired) electrons. The van der Waals surface area contributed by atoms with E-state index in [2.05, 4.69) is 33.4 Å². The lowest BCUT2D eigenvalue weighted by Gasteiger charge is -2.07. The van der Waals surface area contributed by atoms with Crippen LogP contribution in [0.2, 0.25) is 0 Å². The number of hydrogen-bond acceptors (Lipinski definition) is 1. The molecule has 2 saturated carbocycles. The highest BCUT2D eigenvalue weighted by Gasteiger charge is 2.54. The van der Waals surface area contributed by atoms with E-state index >= 15 is 0 Å². The molecule has 2 unspecified atom stereocenters. The molecule has 2 fully saturated rings. The minimum Gasteiger partial charge on any atom is -0.326 e. The molecule has 0 saturated heterocycles. The van der Waals surface area contributed by atoms with Gasteiger partial charge in [0.2, 0.25) is 5.91 Å². The monoisotopic (exact) mass is 335 g/mol. The minimum absolute atomic E-state index is 0.250. The maximum atomic E-state index is 12.3. The Morgan fingerprint density at radius 3 is 2.70 bits per heavy atom. The molecule has 1 aromatic carbocycles. The van der Waals surface area contributed by atoms with Crippen LogP contribution in [0.3, 0.4) is 0 Å². The average molecular weight is 336 g/mol. The molecule has 1 N–H and O–H groups in total. The van der Waals surface area contributed by atoms with Crippen molar-refractivity contribution in [1.82, 2.24) is 0 Å². The van der Waals surface area contributed by atoms with Gasteiger partial charge in [0.05, 0.1) is 0 Å². The molecule has 2 atom stereocenters. The number of alkyl halides is 1. The zero-order valence-corrected chi connectivity index (χ0v) is 13.4. The predicted octanol–water partition coefficient (Wildman–Crippen LogP) is 4.39. The van der Waals surface area contributed by atoms with Gasteiger partial charge in [-0.05, 0) is 55.2 Å². The number of hydrogen-bond donors (Lipinski definition) is 1. The number of rotatable bonds is 5. The molecule has 0 spiro atoms. The lowest BCUT2D eigenvalue weighted by molar-refractivity contribution is -0.117. The fraction of sp³-hybridized carbons (Fsp3) is 0.588. The SMILES string of the molecule is O=C(Nc1cccc(CCCBr)c1)C1C2CCCCC21. The molecule has 2 aliphatic carbocycles.